The number of carbonyl (C=O) groups excluding carboxylic acids is 7. The molecule has 226 valence electrons. The molecular weight excluding hydrogens is 572 g/mol. The number of carbonyl (C=O) groups is 7. The zero-order valence-corrected chi connectivity index (χ0v) is 23.8. The Kier molecular flexibility index (Phi) is 6.20. The van der Waals surface area contributed by atoms with E-state index in [1.807, 2.05) is 0 Å². The van der Waals surface area contributed by atoms with E-state index in [0.29, 0.717) is 6.42 Å². The zero-order chi connectivity index (χ0) is 31.2. The van der Waals surface area contributed by atoms with E-state index in [1.165, 1.54) is 50.5 Å². The summed E-state index contributed by atoms with van der Waals surface area (Å²) in [6.07, 6.45) is -0.441. The summed E-state index contributed by atoms with van der Waals surface area (Å²) >= 11 is 0. The van der Waals surface area contributed by atoms with Gasteiger partial charge in [0.15, 0.2) is 0 Å². The molecule has 44 heavy (non-hydrogen) atoms. The average molecular weight is 601 g/mol. The van der Waals surface area contributed by atoms with E-state index in [4.69, 9.17) is 0 Å². The summed E-state index contributed by atoms with van der Waals surface area (Å²) in [7, 11) is 2.76. The Bertz CT molecular complexity index is 1600. The van der Waals surface area contributed by atoms with Gasteiger partial charge in [-0.15, -0.1) is 0 Å². The number of hydrogen-bond donors (Lipinski definition) is 3. The van der Waals surface area contributed by atoms with E-state index in [2.05, 4.69) is 10.6 Å². The van der Waals surface area contributed by atoms with Crippen LogP contribution in [0.1, 0.15) is 75.0 Å². The molecule has 7 rings (SSSR count). The second kappa shape index (κ2) is 9.79. The number of aliphatic hydroxyl groups is 1. The Morgan fingerprint density at radius 2 is 1.18 bits per heavy atom. The molecule has 0 aliphatic carbocycles. The molecule has 3 N–H and O–H groups in total. The molecule has 5 atom stereocenters. The minimum atomic E-state index is -1.01. The average Bonchev–Trinajstić information content (AvgIpc) is 3.74. The molecule has 5 aliphatic heterocycles. The molecule has 5 heterocycles. The number of amides is 7. The largest absolute Gasteiger partial charge is 0.376 e. The third kappa shape index (κ3) is 4.05. The highest BCUT2D eigenvalue weighted by Gasteiger charge is 2.54. The minimum Gasteiger partial charge on any atom is -0.376 e. The normalized spacial score (nSPS) is 27.5. The van der Waals surface area contributed by atoms with Gasteiger partial charge in [-0.1, -0.05) is 0 Å². The summed E-state index contributed by atoms with van der Waals surface area (Å²) in [6, 6.07) is 6.52. The first-order chi connectivity index (χ1) is 20.9. The van der Waals surface area contributed by atoms with Gasteiger partial charge < -0.3 is 20.6 Å². The Balaban J connectivity index is 0.991. The van der Waals surface area contributed by atoms with E-state index >= 15 is 0 Å². The number of aliphatic hydroxyl groups excluding tert-OH is 1. The van der Waals surface area contributed by atoms with E-state index in [9.17, 15) is 38.7 Å². The first-order valence-electron chi connectivity index (χ1n) is 14.2. The van der Waals surface area contributed by atoms with Gasteiger partial charge in [0, 0.05) is 50.4 Å². The fourth-order valence-corrected chi connectivity index (χ4v) is 6.96. The van der Waals surface area contributed by atoms with Crippen LogP contribution in [0.15, 0.2) is 36.4 Å². The van der Waals surface area contributed by atoms with Crippen molar-refractivity contribution in [1.82, 2.24) is 30.2 Å². The zero-order valence-electron chi connectivity index (χ0n) is 23.8. The Morgan fingerprint density at radius 1 is 0.705 bits per heavy atom. The molecule has 3 fully saturated rings. The van der Waals surface area contributed by atoms with Crippen LogP contribution >= 0.6 is 0 Å². The minimum absolute atomic E-state index is 0.161. The summed E-state index contributed by atoms with van der Waals surface area (Å²) in [4.78, 5) is 93.8. The van der Waals surface area contributed by atoms with E-state index in [-0.39, 0.29) is 58.8 Å². The van der Waals surface area contributed by atoms with Gasteiger partial charge in [0.2, 0.25) is 5.91 Å². The van der Waals surface area contributed by atoms with Crippen LogP contribution in [-0.4, -0.2) is 124 Å². The van der Waals surface area contributed by atoms with Crippen molar-refractivity contribution in [3.8, 4) is 0 Å². The number of hydrogen-bond acceptors (Lipinski definition) is 9. The number of nitrogens with one attached hydrogen (secondary N) is 2. The maximum absolute atomic E-state index is 13.5. The second-order valence-corrected chi connectivity index (χ2v) is 11.9. The predicted molar refractivity (Wildman–Crippen MR) is 149 cm³/mol. The summed E-state index contributed by atoms with van der Waals surface area (Å²) in [5, 5.41) is 17.0. The number of piperazine rings is 1. The lowest BCUT2D eigenvalue weighted by molar-refractivity contribution is -0.160. The molecule has 0 bridgehead atoms. The summed E-state index contributed by atoms with van der Waals surface area (Å²) < 4.78 is 0. The molecule has 5 aliphatic rings. The number of benzene rings is 2. The van der Waals surface area contributed by atoms with Crippen LogP contribution in [0.4, 0.5) is 0 Å². The fourth-order valence-electron chi connectivity index (χ4n) is 6.96. The van der Waals surface area contributed by atoms with E-state index < -0.39 is 65.8 Å². The topological polar surface area (TPSA) is 177 Å². The SMILES string of the molecule is CN1C(=O)c2ccc(C(=O)NC3CC4C(O)N5CC(NC(=O)c6ccc7c(c6)C(=O)N(C)C7=O)CC5C(=O)N4C3)cc2C1=O. The smallest absolute Gasteiger partial charge is 0.261 e. The van der Waals surface area contributed by atoms with Crippen LogP contribution in [-0.2, 0) is 4.79 Å². The molecule has 14 nitrogen and oxygen atoms in total. The number of imide groups is 2. The maximum Gasteiger partial charge on any atom is 0.261 e. The fraction of sp³-hybridized carbons (Fsp3) is 0.367. The first-order valence-corrected chi connectivity index (χ1v) is 14.2. The van der Waals surface area contributed by atoms with Crippen molar-refractivity contribution >= 4 is 41.4 Å². The third-order valence-electron chi connectivity index (χ3n) is 9.31. The Morgan fingerprint density at radius 3 is 1.70 bits per heavy atom. The van der Waals surface area contributed by atoms with Gasteiger partial charge in [-0.05, 0) is 49.2 Å². The van der Waals surface area contributed by atoms with Gasteiger partial charge in [0.25, 0.3) is 35.4 Å². The van der Waals surface area contributed by atoms with Crippen LogP contribution in [0, 0.1) is 0 Å². The van der Waals surface area contributed by atoms with Crippen molar-refractivity contribution in [2.24, 2.45) is 0 Å². The third-order valence-corrected chi connectivity index (χ3v) is 9.31. The summed E-state index contributed by atoms with van der Waals surface area (Å²) in [6.45, 7) is 0.418. The summed E-state index contributed by atoms with van der Waals surface area (Å²) in [5.74, 6) is -2.93. The van der Waals surface area contributed by atoms with Gasteiger partial charge in [-0.2, -0.15) is 0 Å². The lowest BCUT2D eigenvalue weighted by Crippen LogP contribution is -2.62. The lowest BCUT2D eigenvalue weighted by Gasteiger charge is -2.43. The quantitative estimate of drug-likeness (QED) is 0.373. The van der Waals surface area contributed by atoms with Gasteiger partial charge in [0.1, 0.15) is 6.23 Å². The standard InChI is InChI=1S/C30H28N6O8/c1-33-25(39)17-5-3-13(7-19(17)27(33)41)23(37)31-15-9-21-29(43)36-12-16(10-22(36)30(44)35(21)11-15)32-24(38)14-4-6-18-20(8-14)28(42)34(2)26(18)40/h3-8,15-16,21-22,29,43H,9-12H2,1-2H3,(H,31,37)(H,32,38). The molecule has 2 aromatic rings. The molecule has 0 saturated carbocycles. The molecule has 14 heteroatoms. The Labute approximate surface area is 250 Å². The lowest BCUT2D eigenvalue weighted by atomic mass is 10.0. The van der Waals surface area contributed by atoms with Crippen LogP contribution in [0.5, 0.6) is 0 Å². The first kappa shape index (κ1) is 27.9. The van der Waals surface area contributed by atoms with Crippen molar-refractivity contribution in [2.75, 3.05) is 27.2 Å². The molecule has 0 radical (unpaired) electrons. The van der Waals surface area contributed by atoms with E-state index in [1.54, 1.807) is 9.80 Å². The molecule has 5 unspecified atom stereocenters. The van der Waals surface area contributed by atoms with Gasteiger partial charge in [-0.3, -0.25) is 48.3 Å². The predicted octanol–water partition coefficient (Wildman–Crippen LogP) is -0.958. The van der Waals surface area contributed by atoms with Crippen LogP contribution < -0.4 is 10.6 Å². The summed E-state index contributed by atoms with van der Waals surface area (Å²) in [5.41, 5.74) is 1.22. The van der Waals surface area contributed by atoms with Crippen molar-refractivity contribution < 1.29 is 38.7 Å². The molecule has 3 saturated heterocycles. The molecule has 2 aromatic carbocycles. The second-order valence-electron chi connectivity index (χ2n) is 11.9. The molecule has 0 spiro atoms. The highest BCUT2D eigenvalue weighted by molar-refractivity contribution is 6.22. The van der Waals surface area contributed by atoms with Crippen molar-refractivity contribution in [3.05, 3.63) is 69.8 Å². The van der Waals surface area contributed by atoms with Crippen LogP contribution in [0.3, 0.4) is 0 Å². The van der Waals surface area contributed by atoms with Crippen molar-refractivity contribution in [2.45, 2.75) is 43.2 Å². The Hall–Kier alpha value is -4.95. The monoisotopic (exact) mass is 600 g/mol. The molecule has 0 aromatic heterocycles. The molecule has 7 amide bonds. The highest BCUT2D eigenvalue weighted by atomic mass is 16.3. The number of rotatable bonds is 4. The van der Waals surface area contributed by atoms with Crippen molar-refractivity contribution in [3.63, 3.8) is 0 Å². The van der Waals surface area contributed by atoms with E-state index in [0.717, 1.165) is 9.80 Å². The van der Waals surface area contributed by atoms with Crippen molar-refractivity contribution in [1.29, 1.82) is 0 Å². The van der Waals surface area contributed by atoms with Crippen LogP contribution in [0.25, 0.3) is 0 Å². The van der Waals surface area contributed by atoms with Gasteiger partial charge >= 0.3 is 0 Å². The molecular formula is C30H28N6O8. The maximum atomic E-state index is 13.5. The number of nitrogens with zero attached hydrogens (tertiary/aromatic N) is 4. The van der Waals surface area contributed by atoms with Gasteiger partial charge in [-0.25, -0.2) is 0 Å². The van der Waals surface area contributed by atoms with Crippen LogP contribution in [0.2, 0.25) is 0 Å². The highest BCUT2D eigenvalue weighted by Crippen LogP contribution is 2.35. The number of fused-ring (bicyclic) bond motifs is 4. The van der Waals surface area contributed by atoms with Gasteiger partial charge in [0.05, 0.1) is 34.3 Å².